The lowest BCUT2D eigenvalue weighted by Crippen LogP contribution is -2.12. The van der Waals surface area contributed by atoms with Crippen LogP contribution in [0, 0.1) is 11.3 Å². The lowest BCUT2D eigenvalue weighted by atomic mass is 10.2. The molecule has 2 heterocycles. The van der Waals surface area contributed by atoms with E-state index in [-0.39, 0.29) is 6.79 Å². The van der Waals surface area contributed by atoms with Gasteiger partial charge in [0.15, 0.2) is 11.5 Å². The zero-order valence-electron chi connectivity index (χ0n) is 10.2. The van der Waals surface area contributed by atoms with Crippen molar-refractivity contribution in [1.29, 1.82) is 5.26 Å². The largest absolute Gasteiger partial charge is 0.454 e. The fourth-order valence-electron chi connectivity index (χ4n) is 1.98. The van der Waals surface area contributed by atoms with Crippen LogP contribution < -0.4 is 14.8 Å². The molecule has 0 spiro atoms. The monoisotopic (exact) mass is 256 g/mol. The molecule has 0 unspecified atom stereocenters. The molecule has 19 heavy (non-hydrogen) atoms. The summed E-state index contributed by atoms with van der Waals surface area (Å²) in [5.74, 6) is 2.65. The summed E-state index contributed by atoms with van der Waals surface area (Å²) in [5, 5.41) is 11.9. The molecule has 1 aliphatic heterocycles. The minimum atomic E-state index is 0.274. The first-order valence-electron chi connectivity index (χ1n) is 5.94. The Morgan fingerprint density at radius 1 is 1.16 bits per heavy atom. The fraction of sp³-hybridized carbons (Fsp3) is 0.214. The molecule has 1 aliphatic rings. The van der Waals surface area contributed by atoms with Crippen molar-refractivity contribution in [3.63, 3.8) is 0 Å². The zero-order valence-corrected chi connectivity index (χ0v) is 10.2. The topological polar surface area (TPSA) is 67.4 Å². The van der Waals surface area contributed by atoms with Gasteiger partial charge in [0, 0.05) is 12.1 Å². The van der Waals surface area contributed by atoms with Crippen molar-refractivity contribution in [2.75, 3.05) is 6.79 Å². The van der Waals surface area contributed by atoms with Gasteiger partial charge in [-0.2, -0.15) is 5.26 Å². The number of hydrogen-bond donors (Lipinski definition) is 1. The van der Waals surface area contributed by atoms with Crippen LogP contribution in [0.4, 0.5) is 0 Å². The third-order valence-electron chi connectivity index (χ3n) is 2.86. The highest BCUT2D eigenvalue weighted by molar-refractivity contribution is 5.48. The van der Waals surface area contributed by atoms with Gasteiger partial charge in [-0.05, 0) is 18.2 Å². The fourth-order valence-corrected chi connectivity index (χ4v) is 1.98. The second-order valence-electron chi connectivity index (χ2n) is 4.13. The standard InChI is InChI=1S/C14H12N2O3/c15-6-11-4-5-12(19-11)8-16-7-10-2-1-3-13-14(10)18-9-17-13/h1-5,16H,7-9H2. The number of benzene rings is 1. The highest BCUT2D eigenvalue weighted by atomic mass is 16.7. The van der Waals surface area contributed by atoms with E-state index in [2.05, 4.69) is 5.32 Å². The first kappa shape index (κ1) is 11.6. The molecule has 3 rings (SSSR count). The average molecular weight is 256 g/mol. The van der Waals surface area contributed by atoms with Crippen molar-refractivity contribution in [1.82, 2.24) is 5.32 Å². The Labute approximate surface area is 110 Å². The minimum absolute atomic E-state index is 0.274. The summed E-state index contributed by atoms with van der Waals surface area (Å²) in [6.07, 6.45) is 0. The summed E-state index contributed by atoms with van der Waals surface area (Å²) in [7, 11) is 0. The van der Waals surface area contributed by atoms with Gasteiger partial charge in [-0.15, -0.1) is 0 Å². The number of para-hydroxylation sites is 1. The van der Waals surface area contributed by atoms with Crippen LogP contribution in [0.3, 0.4) is 0 Å². The van der Waals surface area contributed by atoms with Gasteiger partial charge in [-0.3, -0.25) is 0 Å². The van der Waals surface area contributed by atoms with Gasteiger partial charge < -0.3 is 19.2 Å². The Bertz CT molecular complexity index is 628. The molecule has 0 atom stereocenters. The van der Waals surface area contributed by atoms with Crippen LogP contribution in [0.5, 0.6) is 11.5 Å². The van der Waals surface area contributed by atoms with Gasteiger partial charge in [0.25, 0.3) is 0 Å². The molecule has 1 aromatic carbocycles. The first-order valence-corrected chi connectivity index (χ1v) is 5.94. The van der Waals surface area contributed by atoms with E-state index in [1.807, 2.05) is 24.3 Å². The van der Waals surface area contributed by atoms with Crippen LogP contribution >= 0.6 is 0 Å². The summed E-state index contributed by atoms with van der Waals surface area (Å²) in [4.78, 5) is 0. The van der Waals surface area contributed by atoms with Crippen LogP contribution in [-0.4, -0.2) is 6.79 Å². The molecule has 0 amide bonds. The van der Waals surface area contributed by atoms with Gasteiger partial charge in [0.1, 0.15) is 11.8 Å². The lowest BCUT2D eigenvalue weighted by molar-refractivity contribution is 0.173. The highest BCUT2D eigenvalue weighted by Gasteiger charge is 2.16. The number of furan rings is 1. The molecule has 0 fully saturated rings. The van der Waals surface area contributed by atoms with Gasteiger partial charge >= 0.3 is 0 Å². The maximum Gasteiger partial charge on any atom is 0.231 e. The van der Waals surface area contributed by atoms with Crippen molar-refractivity contribution in [2.45, 2.75) is 13.1 Å². The van der Waals surface area contributed by atoms with Crippen LogP contribution in [0.1, 0.15) is 17.1 Å². The first-order chi connectivity index (χ1) is 9.36. The van der Waals surface area contributed by atoms with Gasteiger partial charge in [-0.1, -0.05) is 12.1 Å². The molecule has 5 heteroatoms. The third kappa shape index (κ3) is 2.39. The minimum Gasteiger partial charge on any atom is -0.454 e. The van der Waals surface area contributed by atoms with Gasteiger partial charge in [-0.25, -0.2) is 0 Å². The van der Waals surface area contributed by atoms with Crippen molar-refractivity contribution in [3.8, 4) is 17.6 Å². The van der Waals surface area contributed by atoms with Crippen molar-refractivity contribution in [2.24, 2.45) is 0 Å². The smallest absolute Gasteiger partial charge is 0.231 e. The number of nitrogens with zero attached hydrogens (tertiary/aromatic N) is 1. The molecule has 1 aromatic heterocycles. The second-order valence-corrected chi connectivity index (χ2v) is 4.13. The Morgan fingerprint density at radius 2 is 2.11 bits per heavy atom. The maximum absolute atomic E-state index is 8.67. The van der Waals surface area contributed by atoms with Crippen molar-refractivity contribution >= 4 is 0 Å². The van der Waals surface area contributed by atoms with E-state index in [1.54, 1.807) is 12.1 Å². The van der Waals surface area contributed by atoms with Gasteiger partial charge in [0.05, 0.1) is 6.54 Å². The zero-order chi connectivity index (χ0) is 13.1. The molecule has 0 radical (unpaired) electrons. The Balaban J connectivity index is 1.61. The van der Waals surface area contributed by atoms with E-state index in [0.717, 1.165) is 22.8 Å². The molecule has 0 bridgehead atoms. The second kappa shape index (κ2) is 5.04. The maximum atomic E-state index is 8.67. The average Bonchev–Trinajstić information content (AvgIpc) is 3.07. The number of nitrogens with one attached hydrogen (secondary N) is 1. The van der Waals surface area contributed by atoms with E-state index in [4.69, 9.17) is 19.2 Å². The number of fused-ring (bicyclic) bond motifs is 1. The molecular formula is C14H12N2O3. The summed E-state index contributed by atoms with van der Waals surface area (Å²) >= 11 is 0. The molecule has 0 saturated heterocycles. The Kier molecular flexibility index (Phi) is 3.09. The molecule has 0 saturated carbocycles. The highest BCUT2D eigenvalue weighted by Crippen LogP contribution is 2.35. The number of rotatable bonds is 4. The molecule has 1 N–H and O–H groups in total. The van der Waals surface area contributed by atoms with Crippen molar-refractivity contribution < 1.29 is 13.9 Å². The van der Waals surface area contributed by atoms with Crippen LogP contribution in [0.2, 0.25) is 0 Å². The van der Waals surface area contributed by atoms with E-state index in [9.17, 15) is 0 Å². The summed E-state index contributed by atoms with van der Waals surface area (Å²) < 4.78 is 16.0. The number of hydrogen-bond acceptors (Lipinski definition) is 5. The van der Waals surface area contributed by atoms with E-state index in [1.165, 1.54) is 0 Å². The van der Waals surface area contributed by atoms with Crippen LogP contribution in [0.25, 0.3) is 0 Å². The van der Waals surface area contributed by atoms with Crippen LogP contribution in [-0.2, 0) is 13.1 Å². The third-order valence-corrected chi connectivity index (χ3v) is 2.86. The number of nitriles is 1. The quantitative estimate of drug-likeness (QED) is 0.908. The predicted molar refractivity (Wildman–Crippen MR) is 66.5 cm³/mol. The van der Waals surface area contributed by atoms with Crippen LogP contribution in [0.15, 0.2) is 34.7 Å². The Morgan fingerprint density at radius 3 is 2.95 bits per heavy atom. The van der Waals surface area contributed by atoms with E-state index in [0.29, 0.717) is 18.8 Å². The lowest BCUT2D eigenvalue weighted by Gasteiger charge is -2.06. The molecular weight excluding hydrogens is 244 g/mol. The summed E-state index contributed by atoms with van der Waals surface area (Å²) in [5.41, 5.74) is 1.04. The number of ether oxygens (including phenoxy) is 2. The van der Waals surface area contributed by atoms with E-state index >= 15 is 0 Å². The summed E-state index contributed by atoms with van der Waals surface area (Å²) in [6.45, 7) is 1.48. The van der Waals surface area contributed by atoms with Crippen molar-refractivity contribution in [3.05, 3.63) is 47.4 Å². The SMILES string of the molecule is N#Cc1ccc(CNCc2cccc3c2OCO3)o1. The molecule has 2 aromatic rings. The molecule has 96 valence electrons. The van der Waals surface area contributed by atoms with E-state index < -0.39 is 0 Å². The Hall–Kier alpha value is -2.45. The predicted octanol–water partition coefficient (Wildman–Crippen LogP) is 2.17. The molecule has 0 aliphatic carbocycles. The molecule has 5 nitrogen and oxygen atoms in total. The normalized spacial score (nSPS) is 12.4. The van der Waals surface area contributed by atoms with Gasteiger partial charge in [0.2, 0.25) is 12.6 Å². The summed E-state index contributed by atoms with van der Waals surface area (Å²) in [6, 6.07) is 11.2.